The fourth-order valence-corrected chi connectivity index (χ4v) is 3.07. The molecule has 1 unspecified atom stereocenters. The maximum absolute atomic E-state index is 9.71. The van der Waals surface area contributed by atoms with Gasteiger partial charge in [0.2, 0.25) is 0 Å². The van der Waals surface area contributed by atoms with Crippen molar-refractivity contribution in [2.24, 2.45) is 4.99 Å². The molecule has 2 aromatic rings. The highest BCUT2D eigenvalue weighted by Gasteiger charge is 2.20. The number of aliphatic hydroxyl groups excluding tert-OH is 1. The molecule has 144 valence electrons. The molecule has 0 aliphatic heterocycles. The molecule has 3 rings (SSSR count). The summed E-state index contributed by atoms with van der Waals surface area (Å²) in [5.41, 5.74) is 2.23. The van der Waals surface area contributed by atoms with Crippen LogP contribution in [0, 0.1) is 0 Å². The van der Waals surface area contributed by atoms with Crippen molar-refractivity contribution in [3.8, 4) is 5.75 Å². The minimum Gasteiger partial charge on any atom is -0.490 e. The molecule has 0 saturated heterocycles. The normalized spacial score (nSPS) is 15.7. The van der Waals surface area contributed by atoms with E-state index < -0.39 is 0 Å². The molecule has 1 aliphatic carbocycles. The van der Waals surface area contributed by atoms with Gasteiger partial charge in [-0.15, -0.1) is 0 Å². The van der Waals surface area contributed by atoms with Gasteiger partial charge in [-0.3, -0.25) is 4.99 Å². The lowest BCUT2D eigenvalue weighted by Gasteiger charge is -2.27. The standard InChI is InChI=1S/C22H29N3O2/c1-23-22(25-15-19(16-26)17-8-3-2-4-9-17)24-14-18-10-5-6-13-21(18)27-20-11-7-12-20/h2-6,8-10,13,19-20,26H,7,11-12,14-16H2,1H3,(H2,23,24,25). The van der Waals surface area contributed by atoms with Crippen molar-refractivity contribution in [3.63, 3.8) is 0 Å². The molecule has 3 N–H and O–H groups in total. The Morgan fingerprint density at radius 3 is 2.52 bits per heavy atom. The highest BCUT2D eigenvalue weighted by Crippen LogP contribution is 2.27. The maximum Gasteiger partial charge on any atom is 0.191 e. The average molecular weight is 367 g/mol. The summed E-state index contributed by atoms with van der Waals surface area (Å²) in [5.74, 6) is 1.68. The topological polar surface area (TPSA) is 65.9 Å². The number of hydrogen-bond acceptors (Lipinski definition) is 3. The van der Waals surface area contributed by atoms with Crippen molar-refractivity contribution in [2.75, 3.05) is 20.2 Å². The smallest absolute Gasteiger partial charge is 0.191 e. The van der Waals surface area contributed by atoms with E-state index >= 15 is 0 Å². The maximum atomic E-state index is 9.71. The van der Waals surface area contributed by atoms with Gasteiger partial charge in [0.25, 0.3) is 0 Å². The summed E-state index contributed by atoms with van der Waals surface area (Å²) in [6, 6.07) is 18.2. The largest absolute Gasteiger partial charge is 0.490 e. The third kappa shape index (κ3) is 5.47. The predicted molar refractivity (Wildman–Crippen MR) is 109 cm³/mol. The van der Waals surface area contributed by atoms with Crippen LogP contribution in [0.3, 0.4) is 0 Å². The molecule has 0 bridgehead atoms. The number of guanidine groups is 1. The van der Waals surface area contributed by atoms with Gasteiger partial charge in [-0.1, -0.05) is 48.5 Å². The summed E-state index contributed by atoms with van der Waals surface area (Å²) in [4.78, 5) is 4.29. The second-order valence-electron chi connectivity index (χ2n) is 6.88. The van der Waals surface area contributed by atoms with Crippen molar-refractivity contribution in [1.82, 2.24) is 10.6 Å². The minimum absolute atomic E-state index is 0.0268. The van der Waals surface area contributed by atoms with E-state index in [0.29, 0.717) is 25.2 Å². The zero-order chi connectivity index (χ0) is 18.9. The number of nitrogens with zero attached hydrogens (tertiary/aromatic N) is 1. The third-order valence-electron chi connectivity index (χ3n) is 5.00. The molecule has 27 heavy (non-hydrogen) atoms. The lowest BCUT2D eigenvalue weighted by Crippen LogP contribution is -2.39. The molecule has 0 spiro atoms. The molecule has 1 saturated carbocycles. The van der Waals surface area contributed by atoms with Crippen molar-refractivity contribution in [1.29, 1.82) is 0 Å². The van der Waals surface area contributed by atoms with Gasteiger partial charge >= 0.3 is 0 Å². The molecule has 0 radical (unpaired) electrons. The summed E-state index contributed by atoms with van der Waals surface area (Å²) in [7, 11) is 1.75. The molecule has 0 aromatic heterocycles. The van der Waals surface area contributed by atoms with Crippen LogP contribution in [-0.2, 0) is 6.54 Å². The predicted octanol–water partition coefficient (Wildman–Crippen LogP) is 3.06. The number of benzene rings is 2. The van der Waals surface area contributed by atoms with Gasteiger partial charge in [0, 0.05) is 31.6 Å². The molecule has 5 nitrogen and oxygen atoms in total. The zero-order valence-electron chi connectivity index (χ0n) is 15.9. The van der Waals surface area contributed by atoms with Crippen molar-refractivity contribution < 1.29 is 9.84 Å². The van der Waals surface area contributed by atoms with E-state index in [9.17, 15) is 5.11 Å². The van der Waals surface area contributed by atoms with E-state index in [1.807, 2.05) is 48.5 Å². The molecule has 1 fully saturated rings. The Balaban J connectivity index is 1.53. The first kappa shape index (κ1) is 19.2. The number of rotatable bonds is 8. The molecule has 1 aliphatic rings. The summed E-state index contributed by atoms with van der Waals surface area (Å²) in [5, 5.41) is 16.4. The van der Waals surface area contributed by atoms with Gasteiger partial charge in [0.1, 0.15) is 5.75 Å². The minimum atomic E-state index is 0.0268. The van der Waals surface area contributed by atoms with Crippen LogP contribution in [0.2, 0.25) is 0 Å². The van der Waals surface area contributed by atoms with Gasteiger partial charge in [-0.25, -0.2) is 0 Å². The Hall–Kier alpha value is -2.53. The highest BCUT2D eigenvalue weighted by molar-refractivity contribution is 5.79. The monoisotopic (exact) mass is 367 g/mol. The summed E-state index contributed by atoms with van der Waals surface area (Å²) >= 11 is 0. The number of ether oxygens (including phenoxy) is 1. The Labute approximate surface area is 161 Å². The van der Waals surface area contributed by atoms with Crippen LogP contribution in [-0.4, -0.2) is 37.4 Å². The Morgan fingerprint density at radius 2 is 1.85 bits per heavy atom. The van der Waals surface area contributed by atoms with Crippen molar-refractivity contribution in [3.05, 3.63) is 65.7 Å². The van der Waals surface area contributed by atoms with E-state index in [1.165, 1.54) is 6.42 Å². The zero-order valence-corrected chi connectivity index (χ0v) is 15.9. The van der Waals surface area contributed by atoms with Crippen LogP contribution in [0.5, 0.6) is 5.75 Å². The van der Waals surface area contributed by atoms with Crippen LogP contribution in [0.25, 0.3) is 0 Å². The van der Waals surface area contributed by atoms with Crippen LogP contribution in [0.4, 0.5) is 0 Å². The first-order valence-corrected chi connectivity index (χ1v) is 9.65. The second kappa shape index (κ2) is 9.97. The summed E-state index contributed by atoms with van der Waals surface area (Å²) < 4.78 is 6.09. The molecular weight excluding hydrogens is 338 g/mol. The second-order valence-corrected chi connectivity index (χ2v) is 6.88. The van der Waals surface area contributed by atoms with Gasteiger partial charge in [-0.05, 0) is 30.9 Å². The molecule has 0 heterocycles. The number of nitrogens with one attached hydrogen (secondary N) is 2. The van der Waals surface area contributed by atoms with Gasteiger partial charge in [0.05, 0.1) is 12.7 Å². The van der Waals surface area contributed by atoms with E-state index in [2.05, 4.69) is 21.7 Å². The number of hydrogen-bond donors (Lipinski definition) is 3. The van der Waals surface area contributed by atoms with Crippen molar-refractivity contribution >= 4 is 5.96 Å². The lowest BCUT2D eigenvalue weighted by molar-refractivity contribution is 0.119. The Kier molecular flexibility index (Phi) is 7.11. The van der Waals surface area contributed by atoms with Crippen LogP contribution in [0.1, 0.15) is 36.3 Å². The number of para-hydroxylation sites is 1. The summed E-state index contributed by atoms with van der Waals surface area (Å²) in [6.07, 6.45) is 3.91. The SMILES string of the molecule is CN=C(NCc1ccccc1OC1CCC1)NCC(CO)c1ccccc1. The van der Waals surface area contributed by atoms with Crippen LogP contribution >= 0.6 is 0 Å². The number of aliphatic imine (C=N–C) groups is 1. The first-order chi connectivity index (χ1) is 13.3. The average Bonchev–Trinajstić information content (AvgIpc) is 2.69. The Bertz CT molecular complexity index is 729. The van der Waals surface area contributed by atoms with Gasteiger partial charge in [-0.2, -0.15) is 0 Å². The van der Waals surface area contributed by atoms with E-state index in [-0.39, 0.29) is 12.5 Å². The van der Waals surface area contributed by atoms with Crippen LogP contribution < -0.4 is 15.4 Å². The Morgan fingerprint density at radius 1 is 1.11 bits per heavy atom. The summed E-state index contributed by atoms with van der Waals surface area (Å²) in [6.45, 7) is 1.34. The third-order valence-corrected chi connectivity index (χ3v) is 5.00. The van der Waals surface area contributed by atoms with Crippen molar-refractivity contribution in [2.45, 2.75) is 37.8 Å². The fraction of sp³-hybridized carbons (Fsp3) is 0.409. The fourth-order valence-electron chi connectivity index (χ4n) is 3.07. The van der Waals surface area contributed by atoms with Crippen LogP contribution in [0.15, 0.2) is 59.6 Å². The first-order valence-electron chi connectivity index (χ1n) is 9.65. The van der Waals surface area contributed by atoms with E-state index in [1.54, 1.807) is 7.05 Å². The lowest BCUT2D eigenvalue weighted by atomic mass is 9.96. The molecular formula is C22H29N3O2. The number of aliphatic hydroxyl groups is 1. The molecule has 1 atom stereocenters. The molecule has 2 aromatic carbocycles. The van der Waals surface area contributed by atoms with E-state index in [4.69, 9.17) is 4.74 Å². The highest BCUT2D eigenvalue weighted by atomic mass is 16.5. The van der Waals surface area contributed by atoms with Gasteiger partial charge in [0.15, 0.2) is 5.96 Å². The quantitative estimate of drug-likeness (QED) is 0.496. The molecule has 5 heteroatoms. The molecule has 0 amide bonds. The van der Waals surface area contributed by atoms with Gasteiger partial charge < -0.3 is 20.5 Å². The van der Waals surface area contributed by atoms with E-state index in [0.717, 1.165) is 29.7 Å².